The van der Waals surface area contributed by atoms with Gasteiger partial charge >= 0.3 is 0 Å². The molecule has 2 aromatic rings. The third-order valence-corrected chi connectivity index (χ3v) is 4.45. The van der Waals surface area contributed by atoms with Crippen LogP contribution in [0.3, 0.4) is 0 Å². The van der Waals surface area contributed by atoms with Crippen LogP contribution in [0.4, 0.5) is 8.78 Å². The van der Waals surface area contributed by atoms with E-state index in [2.05, 4.69) is 5.32 Å². The number of nitrogens with zero attached hydrogens (tertiary/aromatic N) is 1. The molecule has 7 nitrogen and oxygen atoms in total. The zero-order valence-electron chi connectivity index (χ0n) is 17.9. The predicted molar refractivity (Wildman–Crippen MR) is 114 cm³/mol. The molecule has 31 heavy (non-hydrogen) atoms. The fourth-order valence-corrected chi connectivity index (χ4v) is 2.78. The molecule has 168 valence electrons. The van der Waals surface area contributed by atoms with E-state index in [-0.39, 0.29) is 31.3 Å². The average Bonchev–Trinajstić information content (AvgIpc) is 2.73. The van der Waals surface area contributed by atoms with Gasteiger partial charge in [0.15, 0.2) is 17.7 Å². The summed E-state index contributed by atoms with van der Waals surface area (Å²) in [7, 11) is 3.69. The molecule has 0 fully saturated rings. The van der Waals surface area contributed by atoms with Crippen molar-refractivity contribution in [2.24, 2.45) is 5.73 Å². The fraction of sp³-hybridized carbons (Fsp3) is 0.364. The standard InChI is InChI=1S/C22H28F2N4O3/c1-4-30-20(22(29)27-13-14-5-7-15(8-6-14)21(25)26)18-16(23)9-10-17(19(18)24)31-12-11-28(2)3/h5-10,20H,4,11-13H2,1-3H3,(H3,25,26)(H,27,29). The molecule has 2 rings (SSSR count). The topological polar surface area (TPSA) is 101 Å². The minimum Gasteiger partial charge on any atom is -0.489 e. The first-order valence-corrected chi connectivity index (χ1v) is 9.82. The maximum atomic E-state index is 15.0. The Bertz CT molecular complexity index is 904. The second-order valence-corrected chi connectivity index (χ2v) is 7.09. The molecule has 0 aliphatic rings. The molecular weight excluding hydrogens is 406 g/mol. The number of amidine groups is 1. The van der Waals surface area contributed by atoms with Gasteiger partial charge in [0.1, 0.15) is 18.3 Å². The van der Waals surface area contributed by atoms with E-state index in [0.717, 1.165) is 11.6 Å². The zero-order chi connectivity index (χ0) is 23.0. The van der Waals surface area contributed by atoms with Crippen molar-refractivity contribution in [1.29, 1.82) is 5.41 Å². The van der Waals surface area contributed by atoms with Crippen molar-refractivity contribution < 1.29 is 23.0 Å². The summed E-state index contributed by atoms with van der Waals surface area (Å²) in [4.78, 5) is 14.6. The second kappa shape index (κ2) is 11.4. The van der Waals surface area contributed by atoms with Gasteiger partial charge in [-0.3, -0.25) is 10.2 Å². The Morgan fingerprint density at radius 3 is 2.45 bits per heavy atom. The summed E-state index contributed by atoms with van der Waals surface area (Å²) in [5, 5.41) is 10.0. The molecule has 0 saturated heterocycles. The number of hydrogen-bond donors (Lipinski definition) is 3. The Hall–Kier alpha value is -3.04. The van der Waals surface area contributed by atoms with Crippen LogP contribution < -0.4 is 15.8 Å². The summed E-state index contributed by atoms with van der Waals surface area (Å²) >= 11 is 0. The number of carbonyl (C=O) groups excluding carboxylic acids is 1. The number of halogens is 2. The smallest absolute Gasteiger partial charge is 0.254 e. The van der Waals surface area contributed by atoms with Crippen LogP contribution in [-0.2, 0) is 16.1 Å². The van der Waals surface area contributed by atoms with Crippen LogP contribution >= 0.6 is 0 Å². The third kappa shape index (κ3) is 6.73. The van der Waals surface area contributed by atoms with E-state index in [9.17, 15) is 9.18 Å². The quantitative estimate of drug-likeness (QED) is 0.373. The minimum absolute atomic E-state index is 0.0642. The Morgan fingerprint density at radius 1 is 1.19 bits per heavy atom. The maximum absolute atomic E-state index is 15.0. The number of benzene rings is 2. The molecule has 0 heterocycles. The molecule has 0 spiro atoms. The van der Waals surface area contributed by atoms with Crippen molar-refractivity contribution in [2.75, 3.05) is 33.9 Å². The Balaban J connectivity index is 2.17. The van der Waals surface area contributed by atoms with Crippen molar-refractivity contribution in [3.8, 4) is 5.75 Å². The van der Waals surface area contributed by atoms with E-state index >= 15 is 4.39 Å². The molecule has 1 unspecified atom stereocenters. The Labute approximate surface area is 180 Å². The lowest BCUT2D eigenvalue weighted by Gasteiger charge is -2.20. The third-order valence-electron chi connectivity index (χ3n) is 4.45. The number of hydrogen-bond acceptors (Lipinski definition) is 5. The first kappa shape index (κ1) is 24.2. The van der Waals surface area contributed by atoms with E-state index in [0.29, 0.717) is 12.1 Å². The van der Waals surface area contributed by atoms with Crippen LogP contribution in [-0.4, -0.2) is 50.5 Å². The number of carbonyl (C=O) groups is 1. The van der Waals surface area contributed by atoms with Gasteiger partial charge in [-0.1, -0.05) is 24.3 Å². The van der Waals surface area contributed by atoms with Gasteiger partial charge in [-0.2, -0.15) is 0 Å². The first-order valence-electron chi connectivity index (χ1n) is 9.82. The predicted octanol–water partition coefficient (Wildman–Crippen LogP) is 2.58. The number of rotatable bonds is 11. The highest BCUT2D eigenvalue weighted by molar-refractivity contribution is 5.94. The Kier molecular flexibility index (Phi) is 8.89. The number of nitrogens with one attached hydrogen (secondary N) is 2. The van der Waals surface area contributed by atoms with Gasteiger partial charge in [0.2, 0.25) is 0 Å². The average molecular weight is 434 g/mol. The molecule has 0 radical (unpaired) electrons. The number of ether oxygens (including phenoxy) is 2. The SMILES string of the molecule is CCOC(C(=O)NCc1ccc(C(=N)N)cc1)c1c(F)ccc(OCCN(C)C)c1F. The molecule has 0 saturated carbocycles. The molecule has 0 aromatic heterocycles. The van der Waals surface area contributed by atoms with Crippen LogP contribution in [0, 0.1) is 17.0 Å². The molecule has 0 aliphatic heterocycles. The van der Waals surface area contributed by atoms with Crippen LogP contribution in [0.1, 0.15) is 29.7 Å². The summed E-state index contributed by atoms with van der Waals surface area (Å²) in [6.07, 6.45) is -1.47. The summed E-state index contributed by atoms with van der Waals surface area (Å²) in [5.74, 6) is -2.74. The van der Waals surface area contributed by atoms with Crippen LogP contribution in [0.2, 0.25) is 0 Å². The molecule has 0 aliphatic carbocycles. The normalized spacial score (nSPS) is 11.9. The van der Waals surface area contributed by atoms with Crippen molar-refractivity contribution in [3.05, 3.63) is 64.7 Å². The number of nitrogen functional groups attached to an aromatic ring is 1. The van der Waals surface area contributed by atoms with Gasteiger partial charge in [-0.05, 0) is 38.7 Å². The zero-order valence-corrected chi connectivity index (χ0v) is 17.9. The number of likely N-dealkylation sites (N-methyl/N-ethyl adjacent to an activating group) is 1. The lowest BCUT2D eigenvalue weighted by molar-refractivity contribution is -0.133. The highest BCUT2D eigenvalue weighted by Crippen LogP contribution is 2.30. The van der Waals surface area contributed by atoms with Gasteiger partial charge < -0.3 is 25.4 Å². The van der Waals surface area contributed by atoms with Crippen molar-refractivity contribution in [1.82, 2.24) is 10.2 Å². The lowest BCUT2D eigenvalue weighted by Crippen LogP contribution is -2.32. The van der Waals surface area contributed by atoms with E-state index in [1.165, 1.54) is 6.07 Å². The minimum atomic E-state index is -1.47. The van der Waals surface area contributed by atoms with E-state index in [1.54, 1.807) is 31.2 Å². The van der Waals surface area contributed by atoms with Crippen molar-refractivity contribution >= 4 is 11.7 Å². The molecule has 0 bridgehead atoms. The maximum Gasteiger partial charge on any atom is 0.254 e. The number of amides is 1. The van der Waals surface area contributed by atoms with Gasteiger partial charge in [-0.15, -0.1) is 0 Å². The second-order valence-electron chi connectivity index (χ2n) is 7.09. The van der Waals surface area contributed by atoms with E-state index in [4.69, 9.17) is 20.6 Å². The molecule has 4 N–H and O–H groups in total. The highest BCUT2D eigenvalue weighted by Gasteiger charge is 2.29. The monoisotopic (exact) mass is 434 g/mol. The summed E-state index contributed by atoms with van der Waals surface area (Å²) in [6.45, 7) is 2.58. The van der Waals surface area contributed by atoms with E-state index < -0.39 is 29.2 Å². The highest BCUT2D eigenvalue weighted by atomic mass is 19.1. The lowest BCUT2D eigenvalue weighted by atomic mass is 10.1. The summed E-state index contributed by atoms with van der Waals surface area (Å²) in [5.41, 5.74) is 6.22. The molecule has 1 atom stereocenters. The van der Waals surface area contributed by atoms with Gasteiger partial charge in [0.05, 0.1) is 5.56 Å². The van der Waals surface area contributed by atoms with Gasteiger partial charge in [0.25, 0.3) is 5.91 Å². The van der Waals surface area contributed by atoms with E-state index in [1.807, 2.05) is 19.0 Å². The van der Waals surface area contributed by atoms with Gasteiger partial charge in [-0.25, -0.2) is 8.78 Å². The van der Waals surface area contributed by atoms with Crippen molar-refractivity contribution in [3.63, 3.8) is 0 Å². The van der Waals surface area contributed by atoms with Crippen LogP contribution in [0.25, 0.3) is 0 Å². The molecular formula is C22H28F2N4O3. The molecule has 2 aromatic carbocycles. The molecule has 9 heteroatoms. The largest absolute Gasteiger partial charge is 0.489 e. The Morgan fingerprint density at radius 2 is 1.87 bits per heavy atom. The van der Waals surface area contributed by atoms with Crippen molar-refractivity contribution in [2.45, 2.75) is 19.6 Å². The van der Waals surface area contributed by atoms with Crippen LogP contribution in [0.15, 0.2) is 36.4 Å². The fourth-order valence-electron chi connectivity index (χ4n) is 2.78. The van der Waals surface area contributed by atoms with Gasteiger partial charge in [0, 0.05) is 25.3 Å². The summed E-state index contributed by atoms with van der Waals surface area (Å²) < 4.78 is 40.3. The number of nitrogens with two attached hydrogens (primary N) is 1. The van der Waals surface area contributed by atoms with Crippen LogP contribution in [0.5, 0.6) is 5.75 Å². The summed E-state index contributed by atoms with van der Waals surface area (Å²) in [6, 6.07) is 8.96. The first-order chi connectivity index (χ1) is 14.7. The molecule has 1 amide bonds.